The fourth-order valence-electron chi connectivity index (χ4n) is 4.21. The van der Waals surface area contributed by atoms with Gasteiger partial charge in [0.2, 0.25) is 0 Å². The molecule has 0 saturated carbocycles. The largest absolute Gasteiger partial charge is 0.374 e. The Kier molecular flexibility index (Phi) is 8.62. The zero-order valence-corrected chi connectivity index (χ0v) is 18.4. The number of guanidine groups is 1. The number of rotatable bonds is 8. The molecule has 6 nitrogen and oxygen atoms in total. The summed E-state index contributed by atoms with van der Waals surface area (Å²) < 4.78 is 5.97. The van der Waals surface area contributed by atoms with Crippen molar-refractivity contribution in [3.8, 4) is 0 Å². The molecule has 0 amide bonds. The highest BCUT2D eigenvalue weighted by molar-refractivity contribution is 5.79. The lowest BCUT2D eigenvalue weighted by atomic mass is 10.1. The van der Waals surface area contributed by atoms with Crippen LogP contribution >= 0.6 is 0 Å². The fraction of sp³-hybridized carbons (Fsp3) is 0.696. The van der Waals surface area contributed by atoms with Crippen LogP contribution in [-0.2, 0) is 4.74 Å². The third-order valence-electron chi connectivity index (χ3n) is 5.60. The first-order valence-electron chi connectivity index (χ1n) is 11.3. The fourth-order valence-corrected chi connectivity index (χ4v) is 4.21. The quantitative estimate of drug-likeness (QED) is 0.518. The van der Waals surface area contributed by atoms with Gasteiger partial charge in [0, 0.05) is 58.0 Å². The Morgan fingerprint density at radius 2 is 2.00 bits per heavy atom. The van der Waals surface area contributed by atoms with Crippen molar-refractivity contribution in [1.29, 1.82) is 0 Å². The van der Waals surface area contributed by atoms with Crippen molar-refractivity contribution in [2.24, 2.45) is 16.8 Å². The molecule has 6 heteroatoms. The van der Waals surface area contributed by atoms with E-state index in [2.05, 4.69) is 71.5 Å². The monoisotopic (exact) mass is 401 g/mol. The molecule has 2 aliphatic rings. The maximum atomic E-state index is 5.97. The van der Waals surface area contributed by atoms with Crippen LogP contribution in [0.4, 0.5) is 5.69 Å². The number of morpholine rings is 1. The Morgan fingerprint density at radius 3 is 2.76 bits per heavy atom. The zero-order valence-electron chi connectivity index (χ0n) is 18.4. The van der Waals surface area contributed by atoms with E-state index in [4.69, 9.17) is 9.73 Å². The lowest BCUT2D eigenvalue weighted by Gasteiger charge is -2.34. The SMILES string of the molecule is CCNC(=NCC1CCN(c2ccccc2)C1)NCC1CN(CC(C)C)CCO1. The maximum Gasteiger partial charge on any atom is 0.191 e. The first-order valence-corrected chi connectivity index (χ1v) is 11.3. The second-order valence-corrected chi connectivity index (χ2v) is 8.68. The van der Waals surface area contributed by atoms with Crippen molar-refractivity contribution in [3.63, 3.8) is 0 Å². The van der Waals surface area contributed by atoms with Crippen LogP contribution < -0.4 is 15.5 Å². The highest BCUT2D eigenvalue weighted by atomic mass is 16.5. The average Bonchev–Trinajstić information content (AvgIpc) is 3.20. The number of aliphatic imine (C=N–C) groups is 1. The van der Waals surface area contributed by atoms with Crippen molar-refractivity contribution in [2.45, 2.75) is 33.3 Å². The summed E-state index contributed by atoms with van der Waals surface area (Å²) >= 11 is 0. The lowest BCUT2D eigenvalue weighted by molar-refractivity contribution is -0.0284. The molecule has 1 aromatic carbocycles. The van der Waals surface area contributed by atoms with Crippen molar-refractivity contribution in [3.05, 3.63) is 30.3 Å². The number of hydrogen-bond donors (Lipinski definition) is 2. The molecule has 0 aromatic heterocycles. The maximum absolute atomic E-state index is 5.97. The molecule has 2 N–H and O–H groups in total. The molecule has 2 saturated heterocycles. The molecular formula is C23H39N5O. The number of nitrogens with zero attached hydrogens (tertiary/aromatic N) is 3. The normalized spacial score (nSPS) is 23.6. The minimum atomic E-state index is 0.228. The molecule has 162 valence electrons. The minimum Gasteiger partial charge on any atom is -0.374 e. The number of ether oxygens (including phenoxy) is 1. The highest BCUT2D eigenvalue weighted by Crippen LogP contribution is 2.23. The van der Waals surface area contributed by atoms with Gasteiger partial charge in [-0.2, -0.15) is 0 Å². The second-order valence-electron chi connectivity index (χ2n) is 8.68. The highest BCUT2D eigenvalue weighted by Gasteiger charge is 2.23. The molecular weight excluding hydrogens is 362 g/mol. The van der Waals surface area contributed by atoms with Crippen molar-refractivity contribution in [1.82, 2.24) is 15.5 Å². The molecule has 2 unspecified atom stereocenters. The van der Waals surface area contributed by atoms with E-state index in [1.807, 2.05) is 0 Å². The Bertz CT molecular complexity index is 621. The van der Waals surface area contributed by atoms with Crippen LogP contribution in [0.25, 0.3) is 0 Å². The van der Waals surface area contributed by atoms with Gasteiger partial charge in [0.15, 0.2) is 5.96 Å². The van der Waals surface area contributed by atoms with E-state index in [1.54, 1.807) is 0 Å². The van der Waals surface area contributed by atoms with Crippen molar-refractivity contribution >= 4 is 11.6 Å². The molecule has 0 radical (unpaired) electrons. The Hall–Kier alpha value is -1.79. The molecule has 3 rings (SSSR count). The summed E-state index contributed by atoms with van der Waals surface area (Å²) in [6.45, 7) is 15.4. The van der Waals surface area contributed by atoms with E-state index in [0.29, 0.717) is 11.8 Å². The van der Waals surface area contributed by atoms with Gasteiger partial charge in [-0.05, 0) is 37.3 Å². The predicted octanol–water partition coefficient (Wildman–Crippen LogP) is 2.42. The number of para-hydroxylation sites is 1. The number of hydrogen-bond acceptors (Lipinski definition) is 4. The third-order valence-corrected chi connectivity index (χ3v) is 5.60. The van der Waals surface area contributed by atoms with Gasteiger partial charge >= 0.3 is 0 Å². The summed E-state index contributed by atoms with van der Waals surface area (Å²) in [6.07, 6.45) is 1.43. The topological polar surface area (TPSA) is 52.1 Å². The van der Waals surface area contributed by atoms with E-state index in [9.17, 15) is 0 Å². The van der Waals surface area contributed by atoms with E-state index < -0.39 is 0 Å². The van der Waals surface area contributed by atoms with Crippen LogP contribution in [0.3, 0.4) is 0 Å². The van der Waals surface area contributed by atoms with Crippen LogP contribution in [0.5, 0.6) is 0 Å². The van der Waals surface area contributed by atoms with Crippen molar-refractivity contribution in [2.75, 3.05) is 63.9 Å². The third kappa shape index (κ3) is 7.19. The van der Waals surface area contributed by atoms with E-state index in [1.165, 1.54) is 12.1 Å². The van der Waals surface area contributed by atoms with E-state index >= 15 is 0 Å². The van der Waals surface area contributed by atoms with Gasteiger partial charge in [-0.25, -0.2) is 0 Å². The molecule has 2 aliphatic heterocycles. The van der Waals surface area contributed by atoms with E-state index in [-0.39, 0.29) is 6.10 Å². The smallest absolute Gasteiger partial charge is 0.191 e. The van der Waals surface area contributed by atoms with E-state index in [0.717, 1.165) is 64.9 Å². The first kappa shape index (κ1) is 21.9. The Balaban J connectivity index is 1.45. The number of anilines is 1. The summed E-state index contributed by atoms with van der Waals surface area (Å²) in [5.41, 5.74) is 1.32. The molecule has 0 aliphatic carbocycles. The molecule has 2 atom stereocenters. The van der Waals surface area contributed by atoms with Crippen LogP contribution in [0, 0.1) is 11.8 Å². The van der Waals surface area contributed by atoms with Crippen LogP contribution in [0.15, 0.2) is 35.3 Å². The molecule has 2 heterocycles. The second kappa shape index (κ2) is 11.4. The summed E-state index contributed by atoms with van der Waals surface area (Å²) in [5, 5.41) is 6.89. The number of nitrogens with one attached hydrogen (secondary N) is 2. The first-order chi connectivity index (χ1) is 14.1. The lowest BCUT2D eigenvalue weighted by Crippen LogP contribution is -2.50. The van der Waals surface area contributed by atoms with Crippen LogP contribution in [0.1, 0.15) is 27.2 Å². The van der Waals surface area contributed by atoms with Gasteiger partial charge in [0.25, 0.3) is 0 Å². The standard InChI is InChI=1S/C23H39N5O/c1-4-24-23(26-15-22-18-27(12-13-29-22)16-19(2)3)25-14-20-10-11-28(17-20)21-8-6-5-7-9-21/h5-9,19-20,22H,4,10-18H2,1-3H3,(H2,24,25,26). The van der Waals surface area contributed by atoms with Crippen LogP contribution in [-0.4, -0.2) is 75.9 Å². The molecule has 29 heavy (non-hydrogen) atoms. The molecule has 2 fully saturated rings. The number of benzene rings is 1. The van der Waals surface area contributed by atoms with Crippen molar-refractivity contribution < 1.29 is 4.74 Å². The zero-order chi connectivity index (χ0) is 20.5. The summed E-state index contributed by atoms with van der Waals surface area (Å²) in [7, 11) is 0. The predicted molar refractivity (Wildman–Crippen MR) is 122 cm³/mol. The van der Waals surface area contributed by atoms with Gasteiger partial charge in [0.05, 0.1) is 12.7 Å². The minimum absolute atomic E-state index is 0.228. The molecule has 1 aromatic rings. The summed E-state index contributed by atoms with van der Waals surface area (Å²) in [5.74, 6) is 2.22. The molecule has 0 bridgehead atoms. The average molecular weight is 402 g/mol. The Labute approximate surface area is 176 Å². The van der Waals surface area contributed by atoms with Gasteiger partial charge < -0.3 is 20.3 Å². The Morgan fingerprint density at radius 1 is 1.17 bits per heavy atom. The molecule has 0 spiro atoms. The van der Waals surface area contributed by atoms with Crippen LogP contribution in [0.2, 0.25) is 0 Å². The summed E-state index contributed by atoms with van der Waals surface area (Å²) in [6, 6.07) is 10.7. The summed E-state index contributed by atoms with van der Waals surface area (Å²) in [4.78, 5) is 9.86. The van der Waals surface area contributed by atoms with Gasteiger partial charge in [0.1, 0.15) is 0 Å². The van der Waals surface area contributed by atoms with Gasteiger partial charge in [-0.15, -0.1) is 0 Å². The van der Waals surface area contributed by atoms with Gasteiger partial charge in [-0.1, -0.05) is 32.0 Å². The van der Waals surface area contributed by atoms with Gasteiger partial charge in [-0.3, -0.25) is 9.89 Å².